The van der Waals surface area contributed by atoms with E-state index in [-0.39, 0.29) is 79.8 Å². The number of rotatable bonds is 14. The minimum absolute atomic E-state index is 0.0295. The van der Waals surface area contributed by atoms with Gasteiger partial charge in [0, 0.05) is 49.1 Å². The Kier molecular flexibility index (Phi) is 11.1. The summed E-state index contributed by atoms with van der Waals surface area (Å²) in [6.07, 6.45) is 3.66. The molecule has 2 fully saturated rings. The Morgan fingerprint density at radius 2 is 1.40 bits per heavy atom. The number of methoxy groups -OCH3 is 2. The third kappa shape index (κ3) is 7.76. The van der Waals surface area contributed by atoms with Crippen LogP contribution in [-0.2, 0) is 27.5 Å². The van der Waals surface area contributed by atoms with E-state index in [4.69, 9.17) is 18.9 Å². The molecule has 2 saturated heterocycles. The number of nitrogens with zero attached hydrogens (tertiary/aromatic N) is 2. The molecule has 0 aliphatic carbocycles. The summed E-state index contributed by atoms with van der Waals surface area (Å²) in [6, 6.07) is 6.11. The molecule has 0 spiro atoms. The third-order valence-corrected chi connectivity index (χ3v) is 14.3. The van der Waals surface area contributed by atoms with Crippen molar-refractivity contribution < 1.29 is 46.1 Å². The normalized spacial score (nSPS) is 22.5. The van der Waals surface area contributed by atoms with Crippen molar-refractivity contribution in [3.63, 3.8) is 0 Å². The second-order valence-electron chi connectivity index (χ2n) is 14.1. The number of hydrogen-bond donors (Lipinski definition) is 2. The zero-order valence-corrected chi connectivity index (χ0v) is 31.7. The van der Waals surface area contributed by atoms with Gasteiger partial charge in [-0.3, -0.25) is 19.2 Å². The van der Waals surface area contributed by atoms with E-state index < -0.39 is 28.7 Å². The molecule has 4 aliphatic rings. The number of aryl methyl sites for hydroxylation is 1. The first kappa shape index (κ1) is 37.9. The fraction of sp³-hybridized carbons (Fsp3) is 0.514. The standard InChI is InChI=1S/C37H48N3O10PS/c1-6-9-38-51(43,12-10-49-33-16-25-7-8-27-14-23(2)21-39(27)36(41)28(25)19-31(33)47-4)13-11-50-34-17-26-18-35(52(44,45)46)30-15-24(3)22-40(30)37(42)29(26)20-32(34)48-5/h16-17,19-20,27,30,35H,2-3,6-15,18,21-22H2,1,4-5H3,(H,38,43)(H,44,45,46)/t27-,30+,35?,51?/m1/s1. The first-order valence-electron chi connectivity index (χ1n) is 17.7. The topological polar surface area (TPSA) is 161 Å². The maximum absolute atomic E-state index is 14.2. The van der Waals surface area contributed by atoms with Gasteiger partial charge in [-0.2, -0.15) is 8.42 Å². The van der Waals surface area contributed by atoms with E-state index in [2.05, 4.69) is 18.2 Å². The Labute approximate surface area is 305 Å². The second-order valence-corrected chi connectivity index (χ2v) is 18.7. The number of hydrogen-bond acceptors (Lipinski definition) is 9. The first-order valence-corrected chi connectivity index (χ1v) is 21.3. The van der Waals surface area contributed by atoms with Crippen molar-refractivity contribution in [3.05, 3.63) is 70.8 Å². The third-order valence-electron chi connectivity index (χ3n) is 10.5. The summed E-state index contributed by atoms with van der Waals surface area (Å²) >= 11 is 0. The van der Waals surface area contributed by atoms with Crippen LogP contribution in [0.4, 0.5) is 0 Å². The van der Waals surface area contributed by atoms with Crippen molar-refractivity contribution in [2.24, 2.45) is 0 Å². The molecule has 4 aliphatic heterocycles. The smallest absolute Gasteiger partial charge is 0.270 e. The van der Waals surface area contributed by atoms with Gasteiger partial charge in [-0.1, -0.05) is 31.2 Å². The van der Waals surface area contributed by atoms with Crippen molar-refractivity contribution in [1.29, 1.82) is 0 Å². The Morgan fingerprint density at radius 3 is 2.00 bits per heavy atom. The fourth-order valence-electron chi connectivity index (χ4n) is 7.76. The van der Waals surface area contributed by atoms with Crippen molar-refractivity contribution in [3.8, 4) is 23.0 Å². The Hall–Kier alpha value is -3.84. The highest BCUT2D eigenvalue weighted by molar-refractivity contribution is 7.86. The van der Waals surface area contributed by atoms with Crippen LogP contribution < -0.4 is 24.0 Å². The van der Waals surface area contributed by atoms with E-state index in [1.807, 2.05) is 17.9 Å². The predicted octanol–water partition coefficient (Wildman–Crippen LogP) is 4.74. The maximum Gasteiger partial charge on any atom is 0.270 e. The lowest BCUT2D eigenvalue weighted by atomic mass is 9.99. The van der Waals surface area contributed by atoms with Crippen LogP contribution in [0.15, 0.2) is 48.6 Å². The predicted molar refractivity (Wildman–Crippen MR) is 197 cm³/mol. The van der Waals surface area contributed by atoms with Crippen LogP contribution in [0.3, 0.4) is 0 Å². The van der Waals surface area contributed by atoms with Gasteiger partial charge in [0.15, 0.2) is 30.3 Å². The van der Waals surface area contributed by atoms with Gasteiger partial charge in [0.1, 0.15) is 5.25 Å². The van der Waals surface area contributed by atoms with E-state index >= 15 is 0 Å². The highest BCUT2D eigenvalue weighted by Gasteiger charge is 2.46. The van der Waals surface area contributed by atoms with E-state index in [0.717, 1.165) is 42.4 Å². The van der Waals surface area contributed by atoms with Crippen LogP contribution in [0.25, 0.3) is 0 Å². The van der Waals surface area contributed by atoms with Gasteiger partial charge in [0.05, 0.1) is 33.5 Å². The molecule has 6 rings (SSSR count). The van der Waals surface area contributed by atoms with Gasteiger partial charge in [-0.15, -0.1) is 0 Å². The molecule has 0 bridgehead atoms. The number of benzene rings is 2. The Morgan fingerprint density at radius 1 is 0.846 bits per heavy atom. The summed E-state index contributed by atoms with van der Waals surface area (Å²) in [7, 11) is -4.58. The quantitative estimate of drug-likeness (QED) is 0.156. The first-order chi connectivity index (χ1) is 24.7. The molecule has 0 radical (unpaired) electrons. The average molecular weight is 758 g/mol. The second kappa shape index (κ2) is 15.3. The fourth-order valence-corrected chi connectivity index (χ4v) is 10.7. The van der Waals surface area contributed by atoms with Gasteiger partial charge < -0.3 is 33.3 Å². The summed E-state index contributed by atoms with van der Waals surface area (Å²) in [5, 5.41) is 1.97. The average Bonchev–Trinajstić information content (AvgIpc) is 3.62. The number of amides is 2. The molecule has 2 aromatic carbocycles. The number of carbonyl (C=O) groups is 2. The lowest BCUT2D eigenvalue weighted by Crippen LogP contribution is -2.44. The molecule has 282 valence electrons. The van der Waals surface area contributed by atoms with Gasteiger partial charge in [0.25, 0.3) is 21.9 Å². The molecule has 4 heterocycles. The summed E-state index contributed by atoms with van der Waals surface area (Å²) in [4.78, 5) is 30.3. The molecule has 4 atom stereocenters. The summed E-state index contributed by atoms with van der Waals surface area (Å²) in [5.41, 5.74) is 3.96. The minimum Gasteiger partial charge on any atom is -0.493 e. The minimum atomic E-state index is -4.51. The summed E-state index contributed by atoms with van der Waals surface area (Å²) in [6.45, 7) is 11.4. The Balaban J connectivity index is 1.15. The molecule has 15 heteroatoms. The van der Waals surface area contributed by atoms with Crippen LogP contribution in [-0.4, -0.2) is 111 Å². The van der Waals surface area contributed by atoms with E-state index in [0.29, 0.717) is 35.7 Å². The molecular formula is C37H48N3O10PS. The van der Waals surface area contributed by atoms with Gasteiger partial charge >= 0.3 is 0 Å². The summed E-state index contributed by atoms with van der Waals surface area (Å²) in [5.74, 6) is 1.05. The molecule has 0 aromatic heterocycles. The van der Waals surface area contributed by atoms with Crippen molar-refractivity contribution in [2.45, 2.75) is 62.8 Å². The largest absolute Gasteiger partial charge is 0.493 e. The highest BCUT2D eigenvalue weighted by atomic mass is 32.2. The number of carbonyl (C=O) groups excluding carboxylic acids is 2. The van der Waals surface area contributed by atoms with Crippen LogP contribution in [0.1, 0.15) is 64.4 Å². The zero-order chi connectivity index (χ0) is 37.4. The van der Waals surface area contributed by atoms with Crippen molar-refractivity contribution in [2.75, 3.05) is 59.4 Å². The Bertz CT molecular complexity index is 1930. The van der Waals surface area contributed by atoms with Crippen LogP contribution in [0.5, 0.6) is 23.0 Å². The maximum atomic E-state index is 14.2. The lowest BCUT2D eigenvalue weighted by molar-refractivity contribution is 0.0734. The molecule has 0 saturated carbocycles. The molecule has 2 unspecified atom stereocenters. The molecule has 52 heavy (non-hydrogen) atoms. The number of ether oxygens (including phenoxy) is 4. The lowest BCUT2D eigenvalue weighted by Gasteiger charge is -2.26. The number of fused-ring (bicyclic) bond motifs is 4. The van der Waals surface area contributed by atoms with Gasteiger partial charge in [-0.05, 0) is 73.9 Å². The SMILES string of the molecule is C=C1C[C@H]2CCc3cc(OCCP(=O)(CCOc4cc5c(cc4OC)C(=O)N4CC(=C)C[C@H]4C(S(=O)(=O)O)C5)NCCC)c(OC)cc3C(=O)N2C1. The van der Waals surface area contributed by atoms with Crippen molar-refractivity contribution in [1.82, 2.24) is 14.9 Å². The van der Waals surface area contributed by atoms with Gasteiger partial charge in [0.2, 0.25) is 0 Å². The number of nitrogens with one attached hydrogen (secondary N) is 1. The molecule has 2 amide bonds. The highest BCUT2D eigenvalue weighted by Crippen LogP contribution is 2.43. The van der Waals surface area contributed by atoms with E-state index in [9.17, 15) is 27.1 Å². The van der Waals surface area contributed by atoms with E-state index in [1.165, 1.54) is 25.2 Å². The van der Waals surface area contributed by atoms with Crippen LogP contribution >= 0.6 is 7.29 Å². The molecule has 13 nitrogen and oxygen atoms in total. The van der Waals surface area contributed by atoms with Crippen LogP contribution in [0.2, 0.25) is 0 Å². The van der Waals surface area contributed by atoms with Crippen molar-refractivity contribution >= 4 is 29.2 Å². The summed E-state index contributed by atoms with van der Waals surface area (Å²) < 4.78 is 72.8. The monoisotopic (exact) mass is 757 g/mol. The van der Waals surface area contributed by atoms with E-state index in [1.54, 1.807) is 12.1 Å². The van der Waals surface area contributed by atoms with Crippen LogP contribution in [0, 0.1) is 0 Å². The zero-order valence-electron chi connectivity index (χ0n) is 30.0. The molecular weight excluding hydrogens is 709 g/mol. The van der Waals surface area contributed by atoms with Gasteiger partial charge in [-0.25, -0.2) is 0 Å². The molecule has 2 aromatic rings. The molecule has 2 N–H and O–H groups in total.